The molecule has 2 atom stereocenters. The van der Waals surface area contributed by atoms with Gasteiger partial charge in [0.1, 0.15) is 24.1 Å². The Labute approximate surface area is 179 Å². The standard InChI is InChI=1S/C22H30N2O5S/c1-6-20(24(30(5,26)27)18-11-9-12-19(14-18)28-4)22(25)23-17(3)15-29-21-13-8-7-10-16(21)2/h7-14,17,20H,6,15H2,1-5H3,(H,23,25)/t17-,20-/m0/s1. The van der Waals surface area contributed by atoms with E-state index in [4.69, 9.17) is 9.47 Å². The van der Waals surface area contributed by atoms with Crippen molar-refractivity contribution in [3.8, 4) is 11.5 Å². The Morgan fingerprint density at radius 3 is 2.47 bits per heavy atom. The smallest absolute Gasteiger partial charge is 0.244 e. The molecule has 0 saturated heterocycles. The number of nitrogens with one attached hydrogen (secondary N) is 1. The van der Waals surface area contributed by atoms with Crippen molar-refractivity contribution in [2.75, 3.05) is 24.3 Å². The number of carbonyl (C=O) groups is 1. The van der Waals surface area contributed by atoms with Gasteiger partial charge in [0.2, 0.25) is 15.9 Å². The molecule has 0 aliphatic rings. The summed E-state index contributed by atoms with van der Waals surface area (Å²) in [6.45, 7) is 5.81. The molecule has 0 aromatic heterocycles. The van der Waals surface area contributed by atoms with Crippen molar-refractivity contribution < 1.29 is 22.7 Å². The highest BCUT2D eigenvalue weighted by Crippen LogP contribution is 2.26. The Morgan fingerprint density at radius 1 is 1.17 bits per heavy atom. The zero-order chi connectivity index (χ0) is 22.3. The van der Waals surface area contributed by atoms with Crippen LogP contribution in [0.25, 0.3) is 0 Å². The van der Waals surface area contributed by atoms with Gasteiger partial charge in [0.15, 0.2) is 0 Å². The number of benzene rings is 2. The molecule has 2 rings (SSSR count). The van der Waals surface area contributed by atoms with E-state index in [1.54, 1.807) is 31.2 Å². The first-order valence-electron chi connectivity index (χ1n) is 9.79. The largest absolute Gasteiger partial charge is 0.497 e. The minimum absolute atomic E-state index is 0.269. The van der Waals surface area contributed by atoms with Gasteiger partial charge in [0.25, 0.3) is 0 Å². The summed E-state index contributed by atoms with van der Waals surface area (Å²) in [5, 5.41) is 2.87. The number of methoxy groups -OCH3 is 1. The topological polar surface area (TPSA) is 84.9 Å². The van der Waals surface area contributed by atoms with E-state index in [0.717, 1.165) is 21.9 Å². The first-order chi connectivity index (χ1) is 14.2. The molecular weight excluding hydrogens is 404 g/mol. The lowest BCUT2D eigenvalue weighted by atomic mass is 10.1. The van der Waals surface area contributed by atoms with Crippen LogP contribution in [0.5, 0.6) is 11.5 Å². The quantitative estimate of drug-likeness (QED) is 0.621. The van der Waals surface area contributed by atoms with E-state index in [0.29, 0.717) is 17.9 Å². The molecule has 0 aliphatic heterocycles. The molecule has 0 radical (unpaired) electrons. The van der Waals surface area contributed by atoms with Crippen LogP contribution in [0.15, 0.2) is 48.5 Å². The number of carbonyl (C=O) groups excluding carboxylic acids is 1. The Bertz CT molecular complexity index is 962. The maximum atomic E-state index is 13.0. The van der Waals surface area contributed by atoms with E-state index in [2.05, 4.69) is 5.32 Å². The molecule has 8 heteroatoms. The van der Waals surface area contributed by atoms with Crippen molar-refractivity contribution in [3.05, 3.63) is 54.1 Å². The number of hydrogen-bond acceptors (Lipinski definition) is 5. The molecule has 0 unspecified atom stereocenters. The SMILES string of the molecule is CC[C@@H](C(=O)N[C@@H](C)COc1ccccc1C)N(c1cccc(OC)c1)S(C)(=O)=O. The van der Waals surface area contributed by atoms with Gasteiger partial charge in [-0.15, -0.1) is 0 Å². The van der Waals surface area contributed by atoms with E-state index >= 15 is 0 Å². The fourth-order valence-electron chi connectivity index (χ4n) is 3.12. The molecule has 30 heavy (non-hydrogen) atoms. The molecule has 7 nitrogen and oxygen atoms in total. The molecule has 1 amide bonds. The summed E-state index contributed by atoms with van der Waals surface area (Å²) >= 11 is 0. The lowest BCUT2D eigenvalue weighted by molar-refractivity contribution is -0.123. The Morgan fingerprint density at radius 2 is 1.87 bits per heavy atom. The molecule has 1 N–H and O–H groups in total. The maximum Gasteiger partial charge on any atom is 0.244 e. The van der Waals surface area contributed by atoms with Crippen molar-refractivity contribution in [1.82, 2.24) is 5.32 Å². The molecule has 0 heterocycles. The third kappa shape index (κ3) is 6.13. The molecule has 164 valence electrons. The molecule has 0 bridgehead atoms. The minimum Gasteiger partial charge on any atom is -0.497 e. The number of sulfonamides is 1. The molecular formula is C22H30N2O5S. The van der Waals surface area contributed by atoms with Crippen LogP contribution < -0.4 is 19.1 Å². The minimum atomic E-state index is -3.71. The second kappa shape index (κ2) is 10.3. The van der Waals surface area contributed by atoms with Gasteiger partial charge in [-0.05, 0) is 44.0 Å². The Hall–Kier alpha value is -2.74. The molecule has 0 saturated carbocycles. The normalized spacial score (nSPS) is 13.2. The van der Waals surface area contributed by atoms with E-state index in [9.17, 15) is 13.2 Å². The maximum absolute atomic E-state index is 13.0. The summed E-state index contributed by atoms with van der Waals surface area (Å²) in [4.78, 5) is 13.0. The molecule has 2 aromatic rings. The van der Waals surface area contributed by atoms with Crippen LogP contribution in [0.4, 0.5) is 5.69 Å². The van der Waals surface area contributed by atoms with Crippen LogP contribution >= 0.6 is 0 Å². The van der Waals surface area contributed by atoms with Gasteiger partial charge >= 0.3 is 0 Å². The number of para-hydroxylation sites is 1. The van der Waals surface area contributed by atoms with Gasteiger partial charge in [-0.1, -0.05) is 31.2 Å². The summed E-state index contributed by atoms with van der Waals surface area (Å²) in [7, 11) is -2.21. The van der Waals surface area contributed by atoms with Crippen molar-refractivity contribution in [3.63, 3.8) is 0 Å². The first-order valence-corrected chi connectivity index (χ1v) is 11.6. The van der Waals surface area contributed by atoms with E-state index in [1.165, 1.54) is 7.11 Å². The summed E-state index contributed by atoms with van der Waals surface area (Å²) in [6, 6.07) is 13.1. The van der Waals surface area contributed by atoms with Crippen LogP contribution in [0, 0.1) is 6.92 Å². The Balaban J connectivity index is 2.16. The Kier molecular flexibility index (Phi) is 8.11. The predicted molar refractivity (Wildman–Crippen MR) is 119 cm³/mol. The van der Waals surface area contributed by atoms with E-state index in [-0.39, 0.29) is 18.6 Å². The number of anilines is 1. The summed E-state index contributed by atoms with van der Waals surface area (Å²) in [5.74, 6) is 0.878. The third-order valence-electron chi connectivity index (χ3n) is 4.61. The van der Waals surface area contributed by atoms with E-state index < -0.39 is 16.1 Å². The molecule has 0 aliphatic carbocycles. The van der Waals surface area contributed by atoms with Gasteiger partial charge in [0.05, 0.1) is 25.1 Å². The first kappa shape index (κ1) is 23.5. The lowest BCUT2D eigenvalue weighted by Gasteiger charge is -2.31. The average molecular weight is 435 g/mol. The summed E-state index contributed by atoms with van der Waals surface area (Å²) in [5.41, 5.74) is 1.38. The van der Waals surface area contributed by atoms with Crippen molar-refractivity contribution in [2.45, 2.75) is 39.3 Å². The highest BCUT2D eigenvalue weighted by Gasteiger charge is 2.32. The number of rotatable bonds is 10. The van der Waals surface area contributed by atoms with Crippen molar-refractivity contribution in [2.24, 2.45) is 0 Å². The lowest BCUT2D eigenvalue weighted by Crippen LogP contribution is -2.52. The number of hydrogen-bond donors (Lipinski definition) is 1. The van der Waals surface area contributed by atoms with E-state index in [1.807, 2.05) is 38.1 Å². The number of aryl methyl sites for hydroxylation is 1. The van der Waals surface area contributed by atoms with Crippen LogP contribution in [-0.2, 0) is 14.8 Å². The van der Waals surface area contributed by atoms with Crippen LogP contribution in [0.1, 0.15) is 25.8 Å². The predicted octanol–water partition coefficient (Wildman–Crippen LogP) is 3.13. The van der Waals surface area contributed by atoms with Gasteiger partial charge in [-0.3, -0.25) is 9.10 Å². The fraction of sp³-hybridized carbons (Fsp3) is 0.409. The monoisotopic (exact) mass is 434 g/mol. The van der Waals surface area contributed by atoms with Gasteiger partial charge in [-0.25, -0.2) is 8.42 Å². The summed E-state index contributed by atoms with van der Waals surface area (Å²) in [6.07, 6.45) is 1.40. The van der Waals surface area contributed by atoms with Gasteiger partial charge < -0.3 is 14.8 Å². The molecule has 2 aromatic carbocycles. The second-order valence-electron chi connectivity index (χ2n) is 7.17. The zero-order valence-corrected chi connectivity index (χ0v) is 18.9. The highest BCUT2D eigenvalue weighted by molar-refractivity contribution is 7.92. The number of ether oxygens (including phenoxy) is 2. The highest BCUT2D eigenvalue weighted by atomic mass is 32.2. The zero-order valence-electron chi connectivity index (χ0n) is 18.1. The van der Waals surface area contributed by atoms with Crippen molar-refractivity contribution in [1.29, 1.82) is 0 Å². The van der Waals surface area contributed by atoms with Crippen LogP contribution in [-0.4, -0.2) is 46.4 Å². The molecule has 0 fully saturated rings. The van der Waals surface area contributed by atoms with Crippen LogP contribution in [0.2, 0.25) is 0 Å². The number of amides is 1. The summed E-state index contributed by atoms with van der Waals surface area (Å²) < 4.78 is 37.2. The third-order valence-corrected chi connectivity index (χ3v) is 5.79. The average Bonchev–Trinajstić information content (AvgIpc) is 2.70. The number of nitrogens with zero attached hydrogens (tertiary/aromatic N) is 1. The molecule has 0 spiro atoms. The fourth-order valence-corrected chi connectivity index (χ4v) is 4.33. The van der Waals surface area contributed by atoms with Gasteiger partial charge in [0, 0.05) is 6.07 Å². The van der Waals surface area contributed by atoms with Gasteiger partial charge in [-0.2, -0.15) is 0 Å². The second-order valence-corrected chi connectivity index (χ2v) is 9.03. The van der Waals surface area contributed by atoms with Crippen LogP contribution in [0.3, 0.4) is 0 Å². The van der Waals surface area contributed by atoms with Crippen molar-refractivity contribution >= 4 is 21.6 Å².